The molecule has 1 atom stereocenters. The van der Waals surface area contributed by atoms with Crippen molar-refractivity contribution in [3.8, 4) is 5.75 Å². The molecule has 0 saturated heterocycles. The van der Waals surface area contributed by atoms with Gasteiger partial charge in [0.25, 0.3) is 0 Å². The largest absolute Gasteiger partial charge is 0.486 e. The van der Waals surface area contributed by atoms with Crippen molar-refractivity contribution in [1.29, 1.82) is 0 Å². The third-order valence-electron chi connectivity index (χ3n) is 5.49. The van der Waals surface area contributed by atoms with Crippen molar-refractivity contribution in [3.63, 3.8) is 0 Å². The standard InChI is InChI=1S/C19H25N3O3S/c1-19(2)11-13-7-5-10-17(18(13)25-19)26(23,24)22(4)16-9-6-8-15-14(16)12-20-21(15)3/h5,7,10,12,16H,6,8-9,11H2,1-4H3/t16-/m1/s1. The average molecular weight is 375 g/mol. The van der Waals surface area contributed by atoms with E-state index in [1.54, 1.807) is 25.4 Å². The molecule has 1 aliphatic carbocycles. The summed E-state index contributed by atoms with van der Waals surface area (Å²) in [6.45, 7) is 3.96. The van der Waals surface area contributed by atoms with E-state index in [-0.39, 0.29) is 16.5 Å². The molecule has 0 saturated carbocycles. The Balaban J connectivity index is 1.74. The number of aryl methyl sites for hydroxylation is 1. The lowest BCUT2D eigenvalue weighted by Crippen LogP contribution is -2.33. The lowest BCUT2D eigenvalue weighted by atomic mass is 9.93. The first-order chi connectivity index (χ1) is 12.2. The number of fused-ring (bicyclic) bond motifs is 2. The maximum absolute atomic E-state index is 13.4. The molecular weight excluding hydrogens is 350 g/mol. The second-order valence-electron chi connectivity index (χ2n) is 7.88. The first-order valence-electron chi connectivity index (χ1n) is 9.00. The van der Waals surface area contributed by atoms with Gasteiger partial charge in [0.05, 0.1) is 12.2 Å². The average Bonchev–Trinajstić information content (AvgIpc) is 3.11. The number of hydrogen-bond donors (Lipinski definition) is 0. The van der Waals surface area contributed by atoms with Crippen molar-refractivity contribution in [2.24, 2.45) is 7.05 Å². The van der Waals surface area contributed by atoms with E-state index in [0.29, 0.717) is 12.2 Å². The minimum absolute atomic E-state index is 0.192. The van der Waals surface area contributed by atoms with Gasteiger partial charge in [-0.1, -0.05) is 12.1 Å². The van der Waals surface area contributed by atoms with Crippen LogP contribution in [0.5, 0.6) is 5.75 Å². The van der Waals surface area contributed by atoms with Crippen LogP contribution in [-0.4, -0.2) is 35.2 Å². The van der Waals surface area contributed by atoms with Crippen molar-refractivity contribution in [2.75, 3.05) is 7.05 Å². The molecule has 1 aromatic carbocycles. The molecule has 0 N–H and O–H groups in total. The molecule has 2 heterocycles. The van der Waals surface area contributed by atoms with E-state index in [0.717, 1.165) is 36.1 Å². The van der Waals surface area contributed by atoms with Crippen LogP contribution in [0.4, 0.5) is 0 Å². The fourth-order valence-electron chi connectivity index (χ4n) is 4.17. The number of aromatic nitrogens is 2. The van der Waals surface area contributed by atoms with Crippen LogP contribution >= 0.6 is 0 Å². The van der Waals surface area contributed by atoms with Crippen LogP contribution in [0, 0.1) is 0 Å². The summed E-state index contributed by atoms with van der Waals surface area (Å²) >= 11 is 0. The molecule has 7 heteroatoms. The lowest BCUT2D eigenvalue weighted by molar-refractivity contribution is 0.134. The summed E-state index contributed by atoms with van der Waals surface area (Å²) in [4.78, 5) is 0.263. The number of para-hydroxylation sites is 1. The smallest absolute Gasteiger partial charge is 0.247 e. The number of hydrogen-bond acceptors (Lipinski definition) is 4. The number of benzene rings is 1. The van der Waals surface area contributed by atoms with Gasteiger partial charge in [-0.15, -0.1) is 0 Å². The van der Waals surface area contributed by atoms with Crippen LogP contribution in [0.3, 0.4) is 0 Å². The molecule has 0 amide bonds. The second kappa shape index (κ2) is 5.82. The van der Waals surface area contributed by atoms with Crippen LogP contribution in [0.2, 0.25) is 0 Å². The Hall–Kier alpha value is -1.86. The Labute approximate surface area is 154 Å². The van der Waals surface area contributed by atoms with E-state index < -0.39 is 10.0 Å². The zero-order chi connectivity index (χ0) is 18.7. The van der Waals surface area contributed by atoms with Gasteiger partial charge in [0.2, 0.25) is 10.0 Å². The van der Waals surface area contributed by atoms with E-state index in [1.807, 2.05) is 31.6 Å². The predicted octanol–water partition coefficient (Wildman–Crippen LogP) is 2.83. The van der Waals surface area contributed by atoms with Crippen molar-refractivity contribution in [3.05, 3.63) is 41.2 Å². The molecule has 1 aliphatic heterocycles. The zero-order valence-electron chi connectivity index (χ0n) is 15.7. The van der Waals surface area contributed by atoms with Crippen LogP contribution in [0.15, 0.2) is 29.3 Å². The Bertz CT molecular complexity index is 962. The molecule has 1 aromatic heterocycles. The van der Waals surface area contributed by atoms with Crippen molar-refractivity contribution in [1.82, 2.24) is 14.1 Å². The summed E-state index contributed by atoms with van der Waals surface area (Å²) in [6.07, 6.45) is 5.21. The summed E-state index contributed by atoms with van der Waals surface area (Å²) in [7, 11) is -0.0956. The highest BCUT2D eigenvalue weighted by atomic mass is 32.2. The second-order valence-corrected chi connectivity index (χ2v) is 9.85. The van der Waals surface area contributed by atoms with Crippen molar-refractivity contribution < 1.29 is 13.2 Å². The maximum Gasteiger partial charge on any atom is 0.247 e. The lowest BCUT2D eigenvalue weighted by Gasteiger charge is -2.31. The third-order valence-corrected chi connectivity index (χ3v) is 7.38. The summed E-state index contributed by atoms with van der Waals surface area (Å²) in [5, 5.41) is 4.33. The molecule has 2 aliphatic rings. The SMILES string of the molecule is CN([C@@H]1CCCc2c1cnn2C)S(=O)(=O)c1cccc2c1OC(C)(C)C2. The summed E-state index contributed by atoms with van der Waals surface area (Å²) < 4.78 is 36.2. The molecule has 4 rings (SSSR count). The molecular formula is C19H25N3O3S. The van der Waals surface area contributed by atoms with Gasteiger partial charge in [-0.25, -0.2) is 8.42 Å². The predicted molar refractivity (Wildman–Crippen MR) is 98.7 cm³/mol. The first-order valence-corrected chi connectivity index (χ1v) is 10.4. The summed E-state index contributed by atoms with van der Waals surface area (Å²) in [5.74, 6) is 0.506. The van der Waals surface area contributed by atoms with E-state index >= 15 is 0 Å². The summed E-state index contributed by atoms with van der Waals surface area (Å²) in [6, 6.07) is 5.21. The van der Waals surface area contributed by atoms with Gasteiger partial charge < -0.3 is 4.74 Å². The van der Waals surface area contributed by atoms with Gasteiger partial charge >= 0.3 is 0 Å². The Morgan fingerprint density at radius 2 is 2.12 bits per heavy atom. The highest BCUT2D eigenvalue weighted by Gasteiger charge is 2.39. The van der Waals surface area contributed by atoms with Crippen LogP contribution in [-0.2, 0) is 29.9 Å². The molecule has 0 spiro atoms. The van der Waals surface area contributed by atoms with E-state index in [1.165, 1.54) is 4.31 Å². The normalized spacial score (nSPS) is 21.3. The molecule has 0 fully saturated rings. The van der Waals surface area contributed by atoms with Gasteiger partial charge in [-0.3, -0.25) is 4.68 Å². The molecule has 6 nitrogen and oxygen atoms in total. The van der Waals surface area contributed by atoms with Gasteiger partial charge in [-0.05, 0) is 44.7 Å². The van der Waals surface area contributed by atoms with E-state index in [4.69, 9.17) is 4.74 Å². The minimum Gasteiger partial charge on any atom is -0.486 e. The molecule has 140 valence electrons. The van der Waals surface area contributed by atoms with E-state index in [2.05, 4.69) is 5.10 Å². The van der Waals surface area contributed by atoms with Crippen LogP contribution < -0.4 is 4.74 Å². The number of ether oxygens (including phenoxy) is 1. The number of rotatable bonds is 3. The minimum atomic E-state index is -3.68. The fraction of sp³-hybridized carbons (Fsp3) is 0.526. The van der Waals surface area contributed by atoms with Crippen LogP contribution in [0.25, 0.3) is 0 Å². The van der Waals surface area contributed by atoms with Crippen LogP contribution in [0.1, 0.15) is 49.6 Å². The number of nitrogens with zero attached hydrogens (tertiary/aromatic N) is 3. The van der Waals surface area contributed by atoms with Gasteiger partial charge in [0, 0.05) is 31.8 Å². The summed E-state index contributed by atoms with van der Waals surface area (Å²) in [5.41, 5.74) is 2.71. The van der Waals surface area contributed by atoms with Crippen molar-refractivity contribution in [2.45, 2.75) is 56.1 Å². The Kier molecular flexibility index (Phi) is 3.93. The Morgan fingerprint density at radius 1 is 1.35 bits per heavy atom. The quantitative estimate of drug-likeness (QED) is 0.827. The van der Waals surface area contributed by atoms with Gasteiger partial charge in [-0.2, -0.15) is 9.40 Å². The number of sulfonamides is 1. The molecule has 0 radical (unpaired) electrons. The maximum atomic E-state index is 13.4. The van der Waals surface area contributed by atoms with Gasteiger partial charge in [0.1, 0.15) is 16.2 Å². The zero-order valence-corrected chi connectivity index (χ0v) is 16.5. The Morgan fingerprint density at radius 3 is 2.88 bits per heavy atom. The highest BCUT2D eigenvalue weighted by molar-refractivity contribution is 7.89. The molecule has 0 bridgehead atoms. The first kappa shape index (κ1) is 17.5. The third kappa shape index (κ3) is 2.65. The van der Waals surface area contributed by atoms with E-state index in [9.17, 15) is 8.42 Å². The van der Waals surface area contributed by atoms with Gasteiger partial charge in [0.15, 0.2) is 0 Å². The molecule has 2 aromatic rings. The fourth-order valence-corrected chi connectivity index (χ4v) is 5.70. The monoisotopic (exact) mass is 375 g/mol. The van der Waals surface area contributed by atoms with Crippen molar-refractivity contribution >= 4 is 10.0 Å². The molecule has 0 unspecified atom stereocenters. The molecule has 26 heavy (non-hydrogen) atoms. The topological polar surface area (TPSA) is 64.4 Å². The highest BCUT2D eigenvalue weighted by Crippen LogP contribution is 2.43.